The minimum Gasteiger partial charge on any atom is -0.480 e. The average Bonchev–Trinajstić information content (AvgIpc) is 2.07. The molecule has 1 saturated carbocycles. The topological polar surface area (TPSA) is 49.3 Å². The lowest BCUT2D eigenvalue weighted by Crippen LogP contribution is -2.38. The Morgan fingerprint density at radius 2 is 2.08 bits per heavy atom. The predicted octanol–water partition coefficient (Wildman–Crippen LogP) is 1.49. The molecule has 3 unspecified atom stereocenters. The molecular formula is C10H19NO2. The van der Waals surface area contributed by atoms with Gasteiger partial charge in [-0.2, -0.15) is 0 Å². The second-order valence-electron chi connectivity index (χ2n) is 4.24. The van der Waals surface area contributed by atoms with Gasteiger partial charge < -0.3 is 10.4 Å². The Hall–Kier alpha value is -0.570. The maximum atomic E-state index is 10.3. The van der Waals surface area contributed by atoms with E-state index in [2.05, 4.69) is 19.2 Å². The van der Waals surface area contributed by atoms with Crippen molar-refractivity contribution in [2.45, 2.75) is 39.2 Å². The van der Waals surface area contributed by atoms with Gasteiger partial charge in [-0.1, -0.05) is 13.8 Å². The Labute approximate surface area is 79.5 Å². The highest BCUT2D eigenvalue weighted by Crippen LogP contribution is 2.28. The van der Waals surface area contributed by atoms with Gasteiger partial charge in [0, 0.05) is 6.04 Å². The lowest BCUT2D eigenvalue weighted by molar-refractivity contribution is -0.136. The van der Waals surface area contributed by atoms with E-state index in [1.807, 2.05) is 0 Å². The number of aliphatic carboxylic acids is 1. The van der Waals surface area contributed by atoms with E-state index < -0.39 is 5.97 Å². The molecule has 0 aromatic carbocycles. The zero-order chi connectivity index (χ0) is 9.84. The van der Waals surface area contributed by atoms with Gasteiger partial charge in [0.1, 0.15) is 0 Å². The van der Waals surface area contributed by atoms with E-state index in [0.29, 0.717) is 6.04 Å². The smallest absolute Gasteiger partial charge is 0.317 e. The van der Waals surface area contributed by atoms with E-state index in [1.165, 1.54) is 6.42 Å². The highest BCUT2D eigenvalue weighted by atomic mass is 16.4. The van der Waals surface area contributed by atoms with Gasteiger partial charge in [-0.3, -0.25) is 4.79 Å². The Morgan fingerprint density at radius 3 is 2.62 bits per heavy atom. The molecule has 1 rings (SSSR count). The van der Waals surface area contributed by atoms with Crippen molar-refractivity contribution in [2.75, 3.05) is 6.54 Å². The molecule has 0 spiro atoms. The summed E-state index contributed by atoms with van der Waals surface area (Å²) in [6, 6.07) is 0.419. The summed E-state index contributed by atoms with van der Waals surface area (Å²) in [7, 11) is 0. The van der Waals surface area contributed by atoms with Crippen LogP contribution in [0.4, 0.5) is 0 Å². The molecule has 0 saturated heterocycles. The number of carboxylic acids is 1. The van der Waals surface area contributed by atoms with E-state index in [0.717, 1.165) is 24.7 Å². The van der Waals surface area contributed by atoms with Crippen molar-refractivity contribution in [3.63, 3.8) is 0 Å². The van der Waals surface area contributed by atoms with Crippen LogP contribution in [0.1, 0.15) is 33.1 Å². The molecule has 76 valence electrons. The molecule has 3 atom stereocenters. The van der Waals surface area contributed by atoms with E-state index in [1.54, 1.807) is 0 Å². The van der Waals surface area contributed by atoms with E-state index in [4.69, 9.17) is 5.11 Å². The van der Waals surface area contributed by atoms with Crippen molar-refractivity contribution in [3.05, 3.63) is 0 Å². The van der Waals surface area contributed by atoms with Gasteiger partial charge in [0.05, 0.1) is 6.54 Å². The van der Waals surface area contributed by atoms with Gasteiger partial charge in [-0.15, -0.1) is 0 Å². The van der Waals surface area contributed by atoms with Crippen molar-refractivity contribution < 1.29 is 9.90 Å². The van der Waals surface area contributed by atoms with Crippen LogP contribution in [0.15, 0.2) is 0 Å². The number of rotatable bonds is 3. The summed E-state index contributed by atoms with van der Waals surface area (Å²) in [5.41, 5.74) is 0. The molecule has 0 amide bonds. The molecule has 1 fully saturated rings. The zero-order valence-electron chi connectivity index (χ0n) is 8.42. The van der Waals surface area contributed by atoms with Gasteiger partial charge in [0.15, 0.2) is 0 Å². The molecule has 1 aliphatic rings. The normalized spacial score (nSPS) is 34.5. The number of hydrogen-bond donors (Lipinski definition) is 2. The SMILES string of the molecule is CC1CCC(NCC(=O)O)CC1C. The molecule has 0 heterocycles. The highest BCUT2D eigenvalue weighted by molar-refractivity contribution is 5.69. The maximum Gasteiger partial charge on any atom is 0.317 e. The highest BCUT2D eigenvalue weighted by Gasteiger charge is 2.24. The van der Waals surface area contributed by atoms with Crippen molar-refractivity contribution in [1.82, 2.24) is 5.32 Å². The molecule has 13 heavy (non-hydrogen) atoms. The fraction of sp³-hybridized carbons (Fsp3) is 0.900. The first-order chi connectivity index (χ1) is 6.09. The van der Waals surface area contributed by atoms with Crippen LogP contribution in [-0.2, 0) is 4.79 Å². The van der Waals surface area contributed by atoms with Gasteiger partial charge in [0.2, 0.25) is 0 Å². The molecule has 3 nitrogen and oxygen atoms in total. The summed E-state index contributed by atoms with van der Waals surface area (Å²) in [6.45, 7) is 4.63. The minimum atomic E-state index is -0.758. The third-order valence-corrected chi connectivity index (χ3v) is 3.14. The van der Waals surface area contributed by atoms with E-state index in [9.17, 15) is 4.79 Å². The molecule has 0 bridgehead atoms. The first-order valence-electron chi connectivity index (χ1n) is 5.04. The van der Waals surface area contributed by atoms with E-state index >= 15 is 0 Å². The van der Waals surface area contributed by atoms with Gasteiger partial charge in [0.25, 0.3) is 0 Å². The summed E-state index contributed by atoms with van der Waals surface area (Å²) in [5, 5.41) is 11.6. The number of carboxylic acid groups (broad SMARTS) is 1. The summed E-state index contributed by atoms with van der Waals surface area (Å²) in [4.78, 5) is 10.3. The van der Waals surface area contributed by atoms with Crippen LogP contribution in [-0.4, -0.2) is 23.7 Å². The Balaban J connectivity index is 2.25. The quantitative estimate of drug-likeness (QED) is 0.700. The molecule has 3 heteroatoms. The molecule has 0 aromatic heterocycles. The maximum absolute atomic E-state index is 10.3. The summed E-state index contributed by atoms with van der Waals surface area (Å²) in [5.74, 6) is 0.759. The largest absolute Gasteiger partial charge is 0.480 e. The third-order valence-electron chi connectivity index (χ3n) is 3.14. The van der Waals surface area contributed by atoms with Gasteiger partial charge in [-0.25, -0.2) is 0 Å². The standard InChI is InChI=1S/C10H19NO2/c1-7-3-4-9(5-8(7)2)11-6-10(12)13/h7-9,11H,3-6H2,1-2H3,(H,12,13). The minimum absolute atomic E-state index is 0.103. The second-order valence-corrected chi connectivity index (χ2v) is 4.24. The van der Waals surface area contributed by atoms with E-state index in [-0.39, 0.29) is 6.54 Å². The van der Waals surface area contributed by atoms with Crippen LogP contribution >= 0.6 is 0 Å². The Morgan fingerprint density at radius 1 is 1.38 bits per heavy atom. The monoisotopic (exact) mass is 185 g/mol. The van der Waals surface area contributed by atoms with Crippen LogP contribution in [0.25, 0.3) is 0 Å². The van der Waals surface area contributed by atoms with Crippen molar-refractivity contribution in [1.29, 1.82) is 0 Å². The molecule has 0 radical (unpaired) electrons. The number of hydrogen-bond acceptors (Lipinski definition) is 2. The number of carbonyl (C=O) groups is 1. The van der Waals surface area contributed by atoms with Crippen LogP contribution in [0.5, 0.6) is 0 Å². The van der Waals surface area contributed by atoms with Crippen molar-refractivity contribution in [3.8, 4) is 0 Å². The summed E-state index contributed by atoms with van der Waals surface area (Å²) in [6.07, 6.45) is 3.46. The Bertz CT molecular complexity index is 182. The fourth-order valence-corrected chi connectivity index (χ4v) is 1.96. The van der Waals surface area contributed by atoms with Crippen LogP contribution in [0.3, 0.4) is 0 Å². The van der Waals surface area contributed by atoms with Crippen LogP contribution in [0.2, 0.25) is 0 Å². The summed E-state index contributed by atoms with van der Waals surface area (Å²) < 4.78 is 0. The van der Waals surface area contributed by atoms with Gasteiger partial charge in [-0.05, 0) is 31.1 Å². The number of nitrogens with one attached hydrogen (secondary N) is 1. The fourth-order valence-electron chi connectivity index (χ4n) is 1.96. The first-order valence-corrected chi connectivity index (χ1v) is 5.04. The molecule has 0 aliphatic heterocycles. The third kappa shape index (κ3) is 3.35. The predicted molar refractivity (Wildman–Crippen MR) is 51.6 cm³/mol. The lowest BCUT2D eigenvalue weighted by Gasteiger charge is -2.32. The Kier molecular flexibility index (Phi) is 3.72. The van der Waals surface area contributed by atoms with Crippen LogP contribution in [0, 0.1) is 11.8 Å². The first kappa shape index (κ1) is 10.5. The molecule has 0 aromatic rings. The van der Waals surface area contributed by atoms with Crippen LogP contribution < -0.4 is 5.32 Å². The second kappa shape index (κ2) is 4.61. The van der Waals surface area contributed by atoms with Crippen molar-refractivity contribution in [2.24, 2.45) is 11.8 Å². The summed E-state index contributed by atoms with van der Waals surface area (Å²) >= 11 is 0. The van der Waals surface area contributed by atoms with Gasteiger partial charge >= 0.3 is 5.97 Å². The average molecular weight is 185 g/mol. The lowest BCUT2D eigenvalue weighted by atomic mass is 9.79. The molecule has 1 aliphatic carbocycles. The zero-order valence-corrected chi connectivity index (χ0v) is 8.42. The molecule has 2 N–H and O–H groups in total. The molecular weight excluding hydrogens is 166 g/mol. The van der Waals surface area contributed by atoms with Crippen molar-refractivity contribution >= 4 is 5.97 Å².